The first-order chi connectivity index (χ1) is 15.7. The quantitative estimate of drug-likeness (QED) is 0.629. The maximum absolute atomic E-state index is 13.5. The second-order valence-electron chi connectivity index (χ2n) is 8.86. The third-order valence-corrected chi connectivity index (χ3v) is 9.47. The number of rotatable bonds is 6. The van der Waals surface area contributed by atoms with Crippen LogP contribution in [-0.2, 0) is 21.2 Å². The Labute approximate surface area is 205 Å². The summed E-state index contributed by atoms with van der Waals surface area (Å²) >= 11 is 12.0. The molecular weight excluding hydrogens is 481 g/mol. The molecule has 2 fully saturated rings. The second kappa shape index (κ2) is 9.55. The Bertz CT molecular complexity index is 1120. The molecule has 2 aromatic carbocycles. The molecule has 0 aliphatic carbocycles. The lowest BCUT2D eigenvalue weighted by Gasteiger charge is -2.46. The van der Waals surface area contributed by atoms with Crippen LogP contribution in [0.15, 0.2) is 53.4 Å². The molecule has 1 amide bonds. The first-order valence-corrected chi connectivity index (χ1v) is 13.5. The third-order valence-electron chi connectivity index (χ3n) is 6.83. The zero-order valence-corrected chi connectivity index (χ0v) is 21.1. The van der Waals surface area contributed by atoms with Gasteiger partial charge in [-0.1, -0.05) is 60.5 Å². The monoisotopic (exact) mass is 509 g/mol. The predicted octanol–water partition coefficient (Wildman–Crippen LogP) is 4.32. The van der Waals surface area contributed by atoms with Crippen LogP contribution in [-0.4, -0.2) is 54.4 Å². The largest absolute Gasteiger partial charge is 0.320 e. The van der Waals surface area contributed by atoms with Crippen molar-refractivity contribution in [3.63, 3.8) is 0 Å². The summed E-state index contributed by atoms with van der Waals surface area (Å²) in [5, 5.41) is 4.14. The van der Waals surface area contributed by atoms with Crippen LogP contribution in [0.4, 0.5) is 0 Å². The van der Waals surface area contributed by atoms with Gasteiger partial charge in [0.15, 0.2) is 0 Å². The van der Waals surface area contributed by atoms with Gasteiger partial charge in [-0.25, -0.2) is 8.42 Å². The number of carbonyl (C=O) groups excluding carboxylic acids is 1. The third kappa shape index (κ3) is 4.66. The van der Waals surface area contributed by atoms with E-state index < -0.39 is 15.7 Å². The van der Waals surface area contributed by atoms with Crippen LogP contribution in [0.1, 0.15) is 38.7 Å². The van der Waals surface area contributed by atoms with Gasteiger partial charge in [0.2, 0.25) is 15.9 Å². The maximum atomic E-state index is 13.5. The topological polar surface area (TPSA) is 69.7 Å². The predicted molar refractivity (Wildman–Crippen MR) is 131 cm³/mol. The summed E-state index contributed by atoms with van der Waals surface area (Å²) in [5.74, 6) is 0.0917. The summed E-state index contributed by atoms with van der Waals surface area (Å²) in [5.41, 5.74) is 0.555. The van der Waals surface area contributed by atoms with Crippen molar-refractivity contribution in [1.82, 2.24) is 14.5 Å². The van der Waals surface area contributed by atoms with Crippen LogP contribution in [0.3, 0.4) is 0 Å². The molecule has 0 radical (unpaired) electrons. The van der Waals surface area contributed by atoms with E-state index in [9.17, 15) is 13.2 Å². The number of nitrogens with one attached hydrogen (secondary N) is 1. The SMILES string of the molecule is CCC(C)N1C(=O)C(Cc2ccccc2)NC12CCN(S(=O)(=O)c1ccc(Cl)c(Cl)c1)CC2. The Balaban J connectivity index is 1.55. The van der Waals surface area contributed by atoms with Crippen molar-refractivity contribution in [3.8, 4) is 0 Å². The van der Waals surface area contributed by atoms with Crippen molar-refractivity contribution in [2.75, 3.05) is 13.1 Å². The first-order valence-electron chi connectivity index (χ1n) is 11.3. The van der Waals surface area contributed by atoms with Crippen molar-refractivity contribution in [2.24, 2.45) is 0 Å². The standard InChI is InChI=1S/C24H29Cl2N3O3S/c1-3-17(2)29-23(30)22(15-18-7-5-4-6-8-18)27-24(29)11-13-28(14-12-24)33(31,32)19-9-10-20(25)21(26)16-19/h4-10,16-17,22,27H,3,11-15H2,1-2H3. The molecule has 4 rings (SSSR count). The molecular formula is C24H29Cl2N3O3S. The summed E-state index contributed by atoms with van der Waals surface area (Å²) in [6.07, 6.45) is 2.49. The summed E-state index contributed by atoms with van der Waals surface area (Å²) in [7, 11) is -3.71. The summed E-state index contributed by atoms with van der Waals surface area (Å²) in [6.45, 7) is 4.76. The van der Waals surface area contributed by atoms with Crippen LogP contribution in [0.25, 0.3) is 0 Å². The smallest absolute Gasteiger partial charge is 0.243 e. The average Bonchev–Trinajstić information content (AvgIpc) is 3.06. The van der Waals surface area contributed by atoms with Crippen LogP contribution >= 0.6 is 23.2 Å². The van der Waals surface area contributed by atoms with Crippen LogP contribution in [0, 0.1) is 0 Å². The molecule has 2 saturated heterocycles. The molecule has 33 heavy (non-hydrogen) atoms. The number of hydrogen-bond acceptors (Lipinski definition) is 4. The maximum Gasteiger partial charge on any atom is 0.243 e. The van der Waals surface area contributed by atoms with Gasteiger partial charge in [-0.15, -0.1) is 0 Å². The van der Waals surface area contributed by atoms with Gasteiger partial charge < -0.3 is 4.90 Å². The number of piperidine rings is 1. The summed E-state index contributed by atoms with van der Waals surface area (Å²) in [4.78, 5) is 15.6. The second-order valence-corrected chi connectivity index (χ2v) is 11.6. The number of benzene rings is 2. The normalized spacial score (nSPS) is 22.1. The van der Waals surface area contributed by atoms with Crippen LogP contribution in [0.5, 0.6) is 0 Å². The fraction of sp³-hybridized carbons (Fsp3) is 0.458. The van der Waals surface area contributed by atoms with Gasteiger partial charge in [0.1, 0.15) is 0 Å². The highest BCUT2D eigenvalue weighted by atomic mass is 35.5. The molecule has 0 bridgehead atoms. The van der Waals surface area contributed by atoms with E-state index >= 15 is 0 Å². The molecule has 2 unspecified atom stereocenters. The van der Waals surface area contributed by atoms with E-state index in [0.29, 0.717) is 37.4 Å². The van der Waals surface area contributed by atoms with Crippen LogP contribution < -0.4 is 5.32 Å². The fourth-order valence-corrected chi connectivity index (χ4v) is 6.74. The Morgan fingerprint density at radius 2 is 1.76 bits per heavy atom. The fourth-order valence-electron chi connectivity index (χ4n) is 4.91. The Hall–Kier alpha value is -1.64. The molecule has 6 nitrogen and oxygen atoms in total. The van der Waals surface area contributed by atoms with Crippen molar-refractivity contribution in [2.45, 2.75) is 62.2 Å². The first kappa shape index (κ1) is 24.5. The van der Waals surface area contributed by atoms with Gasteiger partial charge >= 0.3 is 0 Å². The van der Waals surface area contributed by atoms with Gasteiger partial charge in [-0.05, 0) is 56.4 Å². The van der Waals surface area contributed by atoms with E-state index in [4.69, 9.17) is 23.2 Å². The average molecular weight is 510 g/mol. The molecule has 178 valence electrons. The zero-order chi connectivity index (χ0) is 23.8. The van der Waals surface area contributed by atoms with Gasteiger partial charge in [0.25, 0.3) is 0 Å². The van der Waals surface area contributed by atoms with E-state index in [1.165, 1.54) is 22.5 Å². The molecule has 2 atom stereocenters. The van der Waals surface area contributed by atoms with E-state index in [2.05, 4.69) is 19.2 Å². The Kier molecular flexibility index (Phi) is 7.08. The highest BCUT2D eigenvalue weighted by Crippen LogP contribution is 2.37. The molecule has 1 spiro atoms. The molecule has 2 heterocycles. The molecule has 2 aromatic rings. The van der Waals surface area contributed by atoms with Gasteiger partial charge in [0.05, 0.1) is 26.6 Å². The molecule has 0 aromatic heterocycles. The molecule has 1 N–H and O–H groups in total. The van der Waals surface area contributed by atoms with Crippen molar-refractivity contribution >= 4 is 39.1 Å². The summed E-state index contributed by atoms with van der Waals surface area (Å²) in [6, 6.07) is 14.1. The molecule has 9 heteroatoms. The lowest BCUT2D eigenvalue weighted by molar-refractivity contribution is -0.136. The van der Waals surface area contributed by atoms with E-state index in [-0.39, 0.29) is 27.9 Å². The van der Waals surface area contributed by atoms with E-state index in [1.807, 2.05) is 35.2 Å². The zero-order valence-electron chi connectivity index (χ0n) is 18.8. The number of carbonyl (C=O) groups is 1. The van der Waals surface area contributed by atoms with Crippen molar-refractivity contribution in [3.05, 3.63) is 64.1 Å². The van der Waals surface area contributed by atoms with Gasteiger partial charge in [-0.2, -0.15) is 4.31 Å². The molecule has 0 saturated carbocycles. The number of sulfonamides is 1. The minimum absolute atomic E-state index is 0.0593. The summed E-state index contributed by atoms with van der Waals surface area (Å²) < 4.78 is 27.9. The number of halogens is 2. The number of hydrogen-bond donors (Lipinski definition) is 1. The number of amides is 1. The highest BCUT2D eigenvalue weighted by molar-refractivity contribution is 7.89. The van der Waals surface area contributed by atoms with Crippen LogP contribution in [0.2, 0.25) is 10.0 Å². The van der Waals surface area contributed by atoms with E-state index in [0.717, 1.165) is 12.0 Å². The van der Waals surface area contributed by atoms with Gasteiger partial charge in [-0.3, -0.25) is 10.1 Å². The lowest BCUT2D eigenvalue weighted by Crippen LogP contribution is -2.61. The van der Waals surface area contributed by atoms with Crippen molar-refractivity contribution in [1.29, 1.82) is 0 Å². The minimum atomic E-state index is -3.71. The van der Waals surface area contributed by atoms with Crippen molar-refractivity contribution < 1.29 is 13.2 Å². The molecule has 2 aliphatic rings. The van der Waals surface area contributed by atoms with E-state index in [1.54, 1.807) is 0 Å². The Morgan fingerprint density at radius 1 is 1.09 bits per heavy atom. The highest BCUT2D eigenvalue weighted by Gasteiger charge is 2.53. The molecule has 2 aliphatic heterocycles. The number of nitrogens with zero attached hydrogens (tertiary/aromatic N) is 2. The lowest BCUT2D eigenvalue weighted by atomic mass is 9.95. The minimum Gasteiger partial charge on any atom is -0.320 e. The Morgan fingerprint density at radius 3 is 2.36 bits per heavy atom. The van der Waals surface area contributed by atoms with Gasteiger partial charge in [0, 0.05) is 19.1 Å².